The minimum atomic E-state index is -5.12. The van der Waals surface area contributed by atoms with E-state index in [0.29, 0.717) is 12.1 Å². The molecule has 0 heterocycles. The molecule has 0 saturated carbocycles. The minimum absolute atomic E-state index is 0.0494. The topological polar surface area (TPSA) is 75.6 Å². The van der Waals surface area contributed by atoms with Gasteiger partial charge >= 0.3 is 12.1 Å². The first-order valence-electron chi connectivity index (χ1n) is 9.07. The van der Waals surface area contributed by atoms with Crippen molar-refractivity contribution in [3.63, 3.8) is 0 Å². The predicted octanol–water partition coefficient (Wildman–Crippen LogP) is 6.20. The first-order valence-corrected chi connectivity index (χ1v) is 9.07. The number of carbonyl (C=O) groups is 2. The maximum absolute atomic E-state index is 14.0. The number of halogens is 6. The van der Waals surface area contributed by atoms with Crippen molar-refractivity contribution in [1.82, 2.24) is 0 Å². The monoisotopic (exact) mass is 469 g/mol. The van der Waals surface area contributed by atoms with Crippen LogP contribution in [0.5, 0.6) is 11.5 Å². The number of nitrogens with one attached hydrogen (secondary N) is 1. The van der Waals surface area contributed by atoms with Gasteiger partial charge in [-0.3, -0.25) is 4.79 Å². The molecule has 5 nitrogen and oxygen atoms in total. The summed E-state index contributed by atoms with van der Waals surface area (Å²) in [6.45, 7) is -1.34. The van der Waals surface area contributed by atoms with Gasteiger partial charge in [0.2, 0.25) is 0 Å². The van der Waals surface area contributed by atoms with Crippen LogP contribution in [-0.4, -0.2) is 17.0 Å². The molecule has 0 saturated heterocycles. The number of benzene rings is 3. The second-order valence-corrected chi connectivity index (χ2v) is 6.66. The van der Waals surface area contributed by atoms with Crippen LogP contribution in [0.4, 0.5) is 32.0 Å². The van der Waals surface area contributed by atoms with E-state index < -0.39 is 64.6 Å². The molecule has 3 aromatic carbocycles. The van der Waals surface area contributed by atoms with Gasteiger partial charge in [-0.05, 0) is 54.1 Å². The number of alkyl halides is 4. The molecule has 0 aliphatic carbocycles. The summed E-state index contributed by atoms with van der Waals surface area (Å²) in [7, 11) is 0. The Kier molecular flexibility index (Phi) is 6.61. The van der Waals surface area contributed by atoms with E-state index in [-0.39, 0.29) is 11.3 Å². The zero-order valence-electron chi connectivity index (χ0n) is 16.3. The van der Waals surface area contributed by atoms with E-state index in [0.717, 1.165) is 42.5 Å². The molecule has 0 aromatic heterocycles. The lowest BCUT2D eigenvalue weighted by atomic mass is 10.0. The van der Waals surface area contributed by atoms with Crippen LogP contribution in [-0.2, 0) is 12.9 Å². The van der Waals surface area contributed by atoms with Crippen molar-refractivity contribution >= 4 is 17.6 Å². The molecule has 0 fully saturated rings. The Bertz CT molecular complexity index is 1210. The number of carboxylic acids is 1. The number of anilines is 1. The van der Waals surface area contributed by atoms with Gasteiger partial charge < -0.3 is 15.2 Å². The molecule has 0 aliphatic rings. The van der Waals surface area contributed by atoms with E-state index in [9.17, 15) is 35.9 Å². The summed E-state index contributed by atoms with van der Waals surface area (Å²) in [5.74, 6) is -6.34. The molecule has 0 spiro atoms. The third-order valence-electron chi connectivity index (χ3n) is 4.35. The lowest BCUT2D eigenvalue weighted by Gasteiger charge is -2.19. The second kappa shape index (κ2) is 9.23. The fourth-order valence-electron chi connectivity index (χ4n) is 2.85. The Hall–Kier alpha value is -4.02. The lowest BCUT2D eigenvalue weighted by molar-refractivity contribution is -0.138. The molecule has 0 radical (unpaired) electrons. The number of amides is 1. The summed E-state index contributed by atoms with van der Waals surface area (Å²) in [6, 6.07) is 7.72. The van der Waals surface area contributed by atoms with Crippen molar-refractivity contribution < 1.29 is 45.8 Å². The molecular formula is C22H13F6NO4. The quantitative estimate of drug-likeness (QED) is 0.422. The molecule has 2 N–H and O–H groups in total. The van der Waals surface area contributed by atoms with E-state index in [1.165, 1.54) is 0 Å². The van der Waals surface area contributed by atoms with Gasteiger partial charge in [0, 0.05) is 11.8 Å². The number of carbonyl (C=O) groups excluding carboxylic acids is 1. The summed E-state index contributed by atoms with van der Waals surface area (Å²) < 4.78 is 86.7. The van der Waals surface area contributed by atoms with Crippen LogP contribution in [0.15, 0.2) is 54.6 Å². The molecule has 0 bridgehead atoms. The van der Waals surface area contributed by atoms with Crippen molar-refractivity contribution in [2.75, 3.05) is 5.32 Å². The third kappa shape index (κ3) is 5.43. The molecule has 0 aliphatic heterocycles. The number of ether oxygens (including phenoxy) is 1. The SMILES string of the molecule is O=C(O)c1ccc(NC(=O)c2c(Oc3ccc(F)cc3F)cc(CF)cc2C(F)(F)F)cc1. The highest BCUT2D eigenvalue weighted by Gasteiger charge is 2.38. The van der Waals surface area contributed by atoms with Crippen molar-refractivity contribution in [2.24, 2.45) is 0 Å². The molecular weight excluding hydrogens is 456 g/mol. The number of hydrogen-bond acceptors (Lipinski definition) is 3. The smallest absolute Gasteiger partial charge is 0.417 e. The summed E-state index contributed by atoms with van der Waals surface area (Å²) in [4.78, 5) is 23.7. The maximum atomic E-state index is 14.0. The van der Waals surface area contributed by atoms with Gasteiger partial charge in [0.05, 0.1) is 16.7 Å². The standard InChI is InChI=1S/C22H13F6NO4/c23-10-11-7-15(22(26,27)28)19(18(8-11)33-17-6-3-13(24)9-16(17)25)20(30)29-14-4-1-12(2-5-14)21(31)32/h1-9H,10H2,(H,29,30)(H,31,32). The molecule has 3 rings (SSSR count). The van der Waals surface area contributed by atoms with Gasteiger partial charge in [0.25, 0.3) is 5.91 Å². The van der Waals surface area contributed by atoms with E-state index in [2.05, 4.69) is 5.32 Å². The molecule has 11 heteroatoms. The van der Waals surface area contributed by atoms with Crippen molar-refractivity contribution in [2.45, 2.75) is 12.9 Å². The Morgan fingerprint density at radius 1 is 0.939 bits per heavy atom. The molecule has 1 amide bonds. The largest absolute Gasteiger partial charge is 0.478 e. The Labute approximate surface area is 182 Å². The van der Waals surface area contributed by atoms with Crippen LogP contribution in [0.2, 0.25) is 0 Å². The summed E-state index contributed by atoms with van der Waals surface area (Å²) >= 11 is 0. The number of aromatic carboxylic acids is 1. The molecule has 172 valence electrons. The van der Waals surface area contributed by atoms with Crippen LogP contribution in [0.1, 0.15) is 31.8 Å². The van der Waals surface area contributed by atoms with Gasteiger partial charge in [-0.25, -0.2) is 18.0 Å². The third-order valence-corrected chi connectivity index (χ3v) is 4.35. The highest BCUT2D eigenvalue weighted by atomic mass is 19.4. The van der Waals surface area contributed by atoms with Crippen LogP contribution in [0, 0.1) is 11.6 Å². The van der Waals surface area contributed by atoms with Crippen molar-refractivity contribution in [3.8, 4) is 11.5 Å². The normalized spacial score (nSPS) is 11.2. The molecule has 0 atom stereocenters. The average molecular weight is 469 g/mol. The van der Waals surface area contributed by atoms with Gasteiger partial charge in [-0.15, -0.1) is 0 Å². The number of carboxylic acid groups (broad SMARTS) is 1. The highest BCUT2D eigenvalue weighted by Crippen LogP contribution is 2.40. The Morgan fingerprint density at radius 2 is 1.61 bits per heavy atom. The van der Waals surface area contributed by atoms with Gasteiger partial charge in [-0.1, -0.05) is 0 Å². The highest BCUT2D eigenvalue weighted by molar-refractivity contribution is 6.07. The van der Waals surface area contributed by atoms with Gasteiger partial charge in [-0.2, -0.15) is 13.2 Å². The fraction of sp³-hybridized carbons (Fsp3) is 0.0909. The average Bonchev–Trinajstić information content (AvgIpc) is 2.74. The lowest BCUT2D eigenvalue weighted by Crippen LogP contribution is -2.20. The predicted molar refractivity (Wildman–Crippen MR) is 104 cm³/mol. The fourth-order valence-corrected chi connectivity index (χ4v) is 2.85. The van der Waals surface area contributed by atoms with E-state index >= 15 is 0 Å². The first kappa shape index (κ1) is 23.6. The zero-order chi connectivity index (χ0) is 24.3. The van der Waals surface area contributed by atoms with Gasteiger partial charge in [0.1, 0.15) is 18.2 Å². The molecule has 3 aromatic rings. The second-order valence-electron chi connectivity index (χ2n) is 6.66. The Balaban J connectivity index is 2.10. The summed E-state index contributed by atoms with van der Waals surface area (Å²) in [6.07, 6.45) is -5.12. The summed E-state index contributed by atoms with van der Waals surface area (Å²) in [5, 5.41) is 11.1. The van der Waals surface area contributed by atoms with Crippen LogP contribution < -0.4 is 10.1 Å². The molecule has 33 heavy (non-hydrogen) atoms. The molecule has 0 unspecified atom stereocenters. The van der Waals surface area contributed by atoms with Crippen molar-refractivity contribution in [3.05, 3.63) is 88.5 Å². The number of hydrogen-bond donors (Lipinski definition) is 2. The van der Waals surface area contributed by atoms with Gasteiger partial charge in [0.15, 0.2) is 11.6 Å². The minimum Gasteiger partial charge on any atom is -0.478 e. The number of rotatable bonds is 6. The maximum Gasteiger partial charge on any atom is 0.417 e. The Morgan fingerprint density at radius 3 is 2.15 bits per heavy atom. The summed E-state index contributed by atoms with van der Waals surface area (Å²) in [5.41, 5.74) is -3.30. The van der Waals surface area contributed by atoms with E-state index in [4.69, 9.17) is 9.84 Å². The van der Waals surface area contributed by atoms with Crippen molar-refractivity contribution in [1.29, 1.82) is 0 Å². The van der Waals surface area contributed by atoms with E-state index in [1.54, 1.807) is 0 Å². The van der Waals surface area contributed by atoms with Crippen LogP contribution in [0.25, 0.3) is 0 Å². The first-order chi connectivity index (χ1) is 15.5. The van der Waals surface area contributed by atoms with Crippen LogP contribution in [0.3, 0.4) is 0 Å². The van der Waals surface area contributed by atoms with Crippen LogP contribution >= 0.6 is 0 Å². The zero-order valence-corrected chi connectivity index (χ0v) is 16.3. The van der Waals surface area contributed by atoms with E-state index in [1.807, 2.05) is 0 Å².